The third-order valence-electron chi connectivity index (χ3n) is 6.57. The van der Waals surface area contributed by atoms with Crippen LogP contribution in [0.25, 0.3) is 22.5 Å². The van der Waals surface area contributed by atoms with E-state index in [0.717, 1.165) is 60.8 Å². The molecule has 0 bridgehead atoms. The van der Waals surface area contributed by atoms with Gasteiger partial charge in [-0.15, -0.1) is 0 Å². The Bertz CT molecular complexity index is 1240. The molecule has 34 heavy (non-hydrogen) atoms. The summed E-state index contributed by atoms with van der Waals surface area (Å²) in [7, 11) is 0. The van der Waals surface area contributed by atoms with E-state index in [-0.39, 0.29) is 5.54 Å². The smallest absolute Gasteiger partial charge is 0.133 e. The van der Waals surface area contributed by atoms with Gasteiger partial charge in [0.15, 0.2) is 0 Å². The van der Waals surface area contributed by atoms with Crippen molar-refractivity contribution in [3.05, 3.63) is 78.6 Å². The first-order chi connectivity index (χ1) is 16.5. The molecule has 2 N–H and O–H groups in total. The normalized spacial score (nSPS) is 15.4. The zero-order chi connectivity index (χ0) is 23.5. The van der Waals surface area contributed by atoms with Crippen LogP contribution in [-0.4, -0.2) is 43.4 Å². The molecule has 0 saturated carbocycles. The minimum absolute atomic E-state index is 0.0384. The van der Waals surface area contributed by atoms with E-state index in [0.29, 0.717) is 6.42 Å². The van der Waals surface area contributed by atoms with Crippen molar-refractivity contribution < 1.29 is 0 Å². The van der Waals surface area contributed by atoms with Crippen molar-refractivity contribution in [3.63, 3.8) is 0 Å². The molecule has 3 aromatic heterocycles. The molecule has 1 saturated heterocycles. The van der Waals surface area contributed by atoms with Gasteiger partial charge in [0.25, 0.3) is 0 Å². The Morgan fingerprint density at radius 2 is 1.82 bits per heavy atom. The molecule has 0 spiro atoms. The van der Waals surface area contributed by atoms with Gasteiger partial charge in [-0.25, -0.2) is 9.97 Å². The zero-order valence-electron chi connectivity index (χ0n) is 19.9. The van der Waals surface area contributed by atoms with Gasteiger partial charge in [0.2, 0.25) is 0 Å². The average Bonchev–Trinajstić information content (AvgIpc) is 3.30. The van der Waals surface area contributed by atoms with Gasteiger partial charge in [-0.05, 0) is 62.6 Å². The maximum Gasteiger partial charge on any atom is 0.133 e. The fraction of sp³-hybridized carbons (Fsp3) is 0.333. The van der Waals surface area contributed by atoms with Crippen LogP contribution in [0.1, 0.15) is 38.1 Å². The largest absolute Gasteiger partial charge is 0.371 e. The van der Waals surface area contributed by atoms with Crippen LogP contribution in [0.15, 0.2) is 67.3 Å². The maximum absolute atomic E-state index is 6.29. The summed E-state index contributed by atoms with van der Waals surface area (Å²) in [4.78, 5) is 16.1. The van der Waals surface area contributed by atoms with Crippen molar-refractivity contribution in [1.29, 1.82) is 0 Å². The number of nitrogens with zero attached hydrogens (tertiary/aromatic N) is 6. The molecule has 4 aromatic rings. The SMILES string of the molecule is CCn1cc(-c2ccnc(Cc3ccc(N4CCC(C)(N)CC4)cc3)n2)c(-c2cccnc2)n1. The molecule has 4 heterocycles. The minimum atomic E-state index is -0.0384. The van der Waals surface area contributed by atoms with Crippen molar-refractivity contribution in [2.75, 3.05) is 18.0 Å². The predicted molar refractivity (Wildman–Crippen MR) is 135 cm³/mol. The fourth-order valence-corrected chi connectivity index (χ4v) is 4.40. The van der Waals surface area contributed by atoms with Crippen molar-refractivity contribution >= 4 is 5.69 Å². The van der Waals surface area contributed by atoms with E-state index in [1.165, 1.54) is 11.3 Å². The fourth-order valence-electron chi connectivity index (χ4n) is 4.40. The Kier molecular flexibility index (Phi) is 6.11. The summed E-state index contributed by atoms with van der Waals surface area (Å²) in [5, 5.41) is 4.76. The molecule has 0 unspecified atom stereocenters. The number of nitrogens with two attached hydrogens (primary N) is 1. The summed E-state index contributed by atoms with van der Waals surface area (Å²) < 4.78 is 1.94. The molecule has 5 rings (SSSR count). The van der Waals surface area contributed by atoms with Gasteiger partial charge in [-0.1, -0.05) is 12.1 Å². The number of aromatic nitrogens is 5. The van der Waals surface area contributed by atoms with E-state index in [1.807, 2.05) is 41.5 Å². The van der Waals surface area contributed by atoms with E-state index in [4.69, 9.17) is 15.8 Å². The highest BCUT2D eigenvalue weighted by Crippen LogP contribution is 2.30. The summed E-state index contributed by atoms with van der Waals surface area (Å²) >= 11 is 0. The number of aryl methyl sites for hydroxylation is 1. The predicted octanol–water partition coefficient (Wildman–Crippen LogP) is 4.33. The minimum Gasteiger partial charge on any atom is -0.371 e. The average molecular weight is 454 g/mol. The van der Waals surface area contributed by atoms with Gasteiger partial charge in [-0.3, -0.25) is 9.67 Å². The van der Waals surface area contributed by atoms with Gasteiger partial charge in [0.1, 0.15) is 11.5 Å². The molecule has 7 heteroatoms. The summed E-state index contributed by atoms with van der Waals surface area (Å²) in [5.41, 5.74) is 12.4. The Hall–Kier alpha value is -3.58. The van der Waals surface area contributed by atoms with Gasteiger partial charge >= 0.3 is 0 Å². The molecular weight excluding hydrogens is 422 g/mol. The monoisotopic (exact) mass is 453 g/mol. The second-order valence-corrected chi connectivity index (χ2v) is 9.33. The molecule has 0 atom stereocenters. The molecule has 0 amide bonds. The lowest BCUT2D eigenvalue weighted by molar-refractivity contribution is 0.364. The Morgan fingerprint density at radius 1 is 1.03 bits per heavy atom. The van der Waals surface area contributed by atoms with Crippen LogP contribution in [0.5, 0.6) is 0 Å². The van der Waals surface area contributed by atoms with E-state index in [1.54, 1.807) is 6.20 Å². The van der Waals surface area contributed by atoms with Crippen molar-refractivity contribution in [2.24, 2.45) is 5.73 Å². The molecule has 0 aliphatic carbocycles. The molecule has 1 aromatic carbocycles. The first-order valence-electron chi connectivity index (χ1n) is 11.9. The molecule has 0 radical (unpaired) electrons. The highest BCUT2D eigenvalue weighted by atomic mass is 15.3. The number of pyridine rings is 1. The summed E-state index contributed by atoms with van der Waals surface area (Å²) in [6.45, 7) is 7.02. The highest BCUT2D eigenvalue weighted by Gasteiger charge is 2.25. The third-order valence-corrected chi connectivity index (χ3v) is 6.57. The lowest BCUT2D eigenvalue weighted by Gasteiger charge is -2.38. The summed E-state index contributed by atoms with van der Waals surface area (Å²) in [6.07, 6.45) is 10.2. The number of benzene rings is 1. The summed E-state index contributed by atoms with van der Waals surface area (Å²) in [5.74, 6) is 0.795. The molecule has 7 nitrogen and oxygen atoms in total. The standard InChI is InChI=1S/C27H31N7/c1-3-34-19-23(26(32-34)21-5-4-13-29-18-21)24-10-14-30-25(31-24)17-20-6-8-22(9-7-20)33-15-11-27(2,28)12-16-33/h4-10,13-14,18-19H,3,11-12,15-17,28H2,1-2H3. The molecule has 1 aliphatic heterocycles. The number of hydrogen-bond donors (Lipinski definition) is 1. The number of piperidine rings is 1. The summed E-state index contributed by atoms with van der Waals surface area (Å²) in [6, 6.07) is 14.7. The van der Waals surface area contributed by atoms with Crippen molar-refractivity contribution in [1.82, 2.24) is 24.7 Å². The number of hydrogen-bond acceptors (Lipinski definition) is 6. The van der Waals surface area contributed by atoms with Crippen LogP contribution in [0.3, 0.4) is 0 Å². The van der Waals surface area contributed by atoms with Crippen molar-refractivity contribution in [3.8, 4) is 22.5 Å². The quantitative estimate of drug-likeness (QED) is 0.468. The highest BCUT2D eigenvalue weighted by molar-refractivity contribution is 5.78. The van der Waals surface area contributed by atoms with Crippen molar-refractivity contribution in [2.45, 2.75) is 45.2 Å². The van der Waals surface area contributed by atoms with Crippen LogP contribution in [-0.2, 0) is 13.0 Å². The first-order valence-corrected chi connectivity index (χ1v) is 11.9. The number of rotatable bonds is 6. The second-order valence-electron chi connectivity index (χ2n) is 9.33. The lowest BCUT2D eigenvalue weighted by atomic mass is 9.91. The van der Waals surface area contributed by atoms with E-state index in [2.05, 4.69) is 53.0 Å². The third kappa shape index (κ3) is 4.84. The van der Waals surface area contributed by atoms with Gasteiger partial charge < -0.3 is 10.6 Å². The Labute approximate surface area is 200 Å². The van der Waals surface area contributed by atoms with Crippen LogP contribution < -0.4 is 10.6 Å². The van der Waals surface area contributed by atoms with Gasteiger partial charge in [0, 0.05) is 73.2 Å². The van der Waals surface area contributed by atoms with E-state index in [9.17, 15) is 0 Å². The number of anilines is 1. The zero-order valence-corrected chi connectivity index (χ0v) is 19.9. The molecule has 1 fully saturated rings. The Balaban J connectivity index is 1.35. The van der Waals surface area contributed by atoms with Crippen LogP contribution >= 0.6 is 0 Å². The first kappa shape index (κ1) is 22.2. The molecular formula is C27H31N7. The Morgan fingerprint density at radius 3 is 2.53 bits per heavy atom. The molecule has 1 aliphatic rings. The van der Waals surface area contributed by atoms with Crippen LogP contribution in [0.2, 0.25) is 0 Å². The van der Waals surface area contributed by atoms with Gasteiger partial charge in [-0.2, -0.15) is 5.10 Å². The van der Waals surface area contributed by atoms with Gasteiger partial charge in [0.05, 0.1) is 5.69 Å². The topological polar surface area (TPSA) is 85.8 Å². The maximum atomic E-state index is 6.29. The lowest BCUT2D eigenvalue weighted by Crippen LogP contribution is -2.48. The molecule has 174 valence electrons. The second kappa shape index (κ2) is 9.35. The van der Waals surface area contributed by atoms with Crippen LogP contribution in [0.4, 0.5) is 5.69 Å². The van der Waals surface area contributed by atoms with E-state index < -0.39 is 0 Å². The van der Waals surface area contributed by atoms with E-state index >= 15 is 0 Å². The van der Waals surface area contributed by atoms with Crippen LogP contribution in [0, 0.1) is 0 Å².